The maximum absolute atomic E-state index is 12.8. The Morgan fingerprint density at radius 3 is 2.80 bits per heavy atom. The van der Waals surface area contributed by atoms with E-state index in [1.807, 2.05) is 29.0 Å². The number of amides is 1. The first-order valence-electron chi connectivity index (χ1n) is 12.6. The molecule has 0 bridgehead atoms. The van der Waals surface area contributed by atoms with Crippen molar-refractivity contribution in [3.8, 4) is 0 Å². The highest BCUT2D eigenvalue weighted by molar-refractivity contribution is 5.89. The highest BCUT2D eigenvalue weighted by Gasteiger charge is 2.30. The van der Waals surface area contributed by atoms with Crippen LogP contribution in [0.3, 0.4) is 0 Å². The van der Waals surface area contributed by atoms with Gasteiger partial charge >= 0.3 is 0 Å². The van der Waals surface area contributed by atoms with Crippen molar-refractivity contribution in [1.82, 2.24) is 25.0 Å². The second kappa shape index (κ2) is 9.13. The van der Waals surface area contributed by atoms with Gasteiger partial charge in [-0.15, -0.1) is 0 Å². The van der Waals surface area contributed by atoms with Crippen molar-refractivity contribution < 1.29 is 9.53 Å². The van der Waals surface area contributed by atoms with E-state index >= 15 is 0 Å². The zero-order valence-corrected chi connectivity index (χ0v) is 20.5. The molecule has 0 saturated carbocycles. The summed E-state index contributed by atoms with van der Waals surface area (Å²) in [7, 11) is 1.94. The van der Waals surface area contributed by atoms with Gasteiger partial charge in [-0.2, -0.15) is 5.10 Å². The number of nitrogens with zero attached hydrogens (tertiary/aromatic N) is 6. The summed E-state index contributed by atoms with van der Waals surface area (Å²) in [6.07, 6.45) is 3.46. The third-order valence-corrected chi connectivity index (χ3v) is 7.63. The SMILES string of the molecule is C[C@H]1CN(c2ccnc3c2cnn3C)Cc2ccc(N3CCN(C(=O)C4CNCCO4)CC3)cc21. The van der Waals surface area contributed by atoms with Crippen molar-refractivity contribution in [1.29, 1.82) is 0 Å². The van der Waals surface area contributed by atoms with Crippen molar-refractivity contribution in [3.63, 3.8) is 0 Å². The molecule has 6 rings (SSSR count). The Morgan fingerprint density at radius 1 is 1.14 bits per heavy atom. The third kappa shape index (κ3) is 4.12. The van der Waals surface area contributed by atoms with Crippen LogP contribution >= 0.6 is 0 Å². The van der Waals surface area contributed by atoms with E-state index in [-0.39, 0.29) is 12.0 Å². The van der Waals surface area contributed by atoms with Gasteiger partial charge in [0.05, 0.1) is 23.9 Å². The van der Waals surface area contributed by atoms with Gasteiger partial charge in [0.25, 0.3) is 5.91 Å². The summed E-state index contributed by atoms with van der Waals surface area (Å²) in [5, 5.41) is 8.76. The van der Waals surface area contributed by atoms with Crippen LogP contribution in [0.15, 0.2) is 36.7 Å². The molecule has 184 valence electrons. The molecule has 5 heterocycles. The molecule has 3 aliphatic heterocycles. The van der Waals surface area contributed by atoms with Crippen LogP contribution in [-0.2, 0) is 23.1 Å². The quantitative estimate of drug-likeness (QED) is 0.618. The van der Waals surface area contributed by atoms with E-state index in [1.165, 1.54) is 22.5 Å². The fourth-order valence-electron chi connectivity index (χ4n) is 5.69. The number of hydrogen-bond donors (Lipinski definition) is 1. The van der Waals surface area contributed by atoms with Gasteiger partial charge in [0.2, 0.25) is 0 Å². The predicted molar refractivity (Wildman–Crippen MR) is 136 cm³/mol. The van der Waals surface area contributed by atoms with Crippen LogP contribution in [0.2, 0.25) is 0 Å². The average Bonchev–Trinajstić information content (AvgIpc) is 3.29. The fraction of sp³-hybridized carbons (Fsp3) is 0.500. The summed E-state index contributed by atoms with van der Waals surface area (Å²) in [6, 6.07) is 9.00. The second-order valence-electron chi connectivity index (χ2n) is 9.88. The van der Waals surface area contributed by atoms with Crippen molar-refractivity contribution in [2.75, 3.05) is 62.2 Å². The minimum absolute atomic E-state index is 0.120. The van der Waals surface area contributed by atoms with Gasteiger partial charge < -0.3 is 24.8 Å². The first-order chi connectivity index (χ1) is 17.1. The van der Waals surface area contributed by atoms with Crippen LogP contribution < -0.4 is 15.1 Å². The summed E-state index contributed by atoms with van der Waals surface area (Å²) >= 11 is 0. The number of benzene rings is 1. The number of morpholine rings is 1. The molecule has 3 aliphatic rings. The number of fused-ring (bicyclic) bond motifs is 2. The topological polar surface area (TPSA) is 78.8 Å². The Balaban J connectivity index is 1.15. The average molecular weight is 476 g/mol. The number of ether oxygens (including phenoxy) is 1. The Kier molecular flexibility index (Phi) is 5.82. The minimum Gasteiger partial charge on any atom is -0.368 e. The zero-order chi connectivity index (χ0) is 23.9. The molecule has 1 unspecified atom stereocenters. The Labute approximate surface area is 205 Å². The molecule has 0 spiro atoms. The van der Waals surface area contributed by atoms with Crippen LogP contribution in [0.5, 0.6) is 0 Å². The molecule has 9 heteroatoms. The first-order valence-corrected chi connectivity index (χ1v) is 12.6. The largest absolute Gasteiger partial charge is 0.368 e. The van der Waals surface area contributed by atoms with E-state index in [1.54, 1.807) is 0 Å². The number of aromatic nitrogens is 3. The second-order valence-corrected chi connectivity index (χ2v) is 9.88. The molecule has 3 aromatic rings. The molecular formula is C26H33N7O2. The van der Waals surface area contributed by atoms with Gasteiger partial charge in [-0.3, -0.25) is 9.48 Å². The number of piperazine rings is 1. The van der Waals surface area contributed by atoms with Gasteiger partial charge in [0, 0.05) is 71.3 Å². The smallest absolute Gasteiger partial charge is 0.253 e. The van der Waals surface area contributed by atoms with Crippen LogP contribution in [0.4, 0.5) is 11.4 Å². The molecule has 0 radical (unpaired) electrons. The lowest BCUT2D eigenvalue weighted by molar-refractivity contribution is -0.145. The van der Waals surface area contributed by atoms with Gasteiger partial charge in [0.15, 0.2) is 5.65 Å². The van der Waals surface area contributed by atoms with Gasteiger partial charge in [-0.05, 0) is 35.2 Å². The van der Waals surface area contributed by atoms with Crippen molar-refractivity contribution in [2.45, 2.75) is 25.5 Å². The van der Waals surface area contributed by atoms with Crippen LogP contribution in [0.25, 0.3) is 11.0 Å². The van der Waals surface area contributed by atoms with E-state index < -0.39 is 0 Å². The maximum Gasteiger partial charge on any atom is 0.253 e. The predicted octanol–water partition coefficient (Wildman–Crippen LogP) is 1.73. The molecule has 0 aliphatic carbocycles. The minimum atomic E-state index is -0.337. The number of rotatable bonds is 3. The lowest BCUT2D eigenvalue weighted by atomic mass is 9.90. The van der Waals surface area contributed by atoms with E-state index in [0.717, 1.165) is 56.8 Å². The Hall–Kier alpha value is -3.17. The summed E-state index contributed by atoms with van der Waals surface area (Å²) in [5.41, 5.74) is 6.17. The Morgan fingerprint density at radius 2 is 2.00 bits per heavy atom. The molecule has 1 aromatic carbocycles. The number of pyridine rings is 1. The number of anilines is 2. The lowest BCUT2D eigenvalue weighted by Crippen LogP contribution is -2.55. The van der Waals surface area contributed by atoms with E-state index in [4.69, 9.17) is 4.74 Å². The molecule has 1 N–H and O–H groups in total. The standard InChI is InChI=1S/C26H33N7O2/c1-18-16-33(23-5-6-28-25-22(23)14-29-30(25)2)17-19-3-4-20(13-21(18)19)31-8-10-32(11-9-31)26(34)24-15-27-7-12-35-24/h3-6,13-14,18,24,27H,7-12,15-17H2,1-2H3/t18-,24?/m0/s1. The monoisotopic (exact) mass is 475 g/mol. The van der Waals surface area contributed by atoms with Crippen molar-refractivity contribution >= 4 is 28.3 Å². The number of carbonyl (C=O) groups excluding carboxylic acids is 1. The van der Waals surface area contributed by atoms with Crippen molar-refractivity contribution in [3.05, 3.63) is 47.8 Å². The fourth-order valence-corrected chi connectivity index (χ4v) is 5.69. The number of hydrogen-bond acceptors (Lipinski definition) is 7. The van der Waals surface area contributed by atoms with Crippen molar-refractivity contribution in [2.24, 2.45) is 7.05 Å². The van der Waals surface area contributed by atoms with E-state index in [2.05, 4.69) is 56.4 Å². The maximum atomic E-state index is 12.8. The summed E-state index contributed by atoms with van der Waals surface area (Å²) in [4.78, 5) is 24.1. The molecule has 9 nitrogen and oxygen atoms in total. The molecule has 35 heavy (non-hydrogen) atoms. The number of nitrogens with one attached hydrogen (secondary N) is 1. The zero-order valence-electron chi connectivity index (χ0n) is 20.5. The highest BCUT2D eigenvalue weighted by atomic mass is 16.5. The molecule has 2 atom stereocenters. The molecule has 2 aromatic heterocycles. The van der Waals surface area contributed by atoms with Gasteiger partial charge in [-0.1, -0.05) is 13.0 Å². The van der Waals surface area contributed by atoms with E-state index in [0.29, 0.717) is 19.1 Å². The van der Waals surface area contributed by atoms with Gasteiger partial charge in [0.1, 0.15) is 6.10 Å². The van der Waals surface area contributed by atoms with Gasteiger partial charge in [-0.25, -0.2) is 4.98 Å². The number of carbonyl (C=O) groups is 1. The molecule has 2 saturated heterocycles. The molecule has 2 fully saturated rings. The van der Waals surface area contributed by atoms with Crippen LogP contribution in [0.1, 0.15) is 24.0 Å². The van der Waals surface area contributed by atoms with Crippen LogP contribution in [-0.4, -0.2) is 84.1 Å². The Bertz CT molecular complexity index is 1230. The molecular weight excluding hydrogens is 442 g/mol. The molecule has 1 amide bonds. The summed E-state index contributed by atoms with van der Waals surface area (Å²) < 4.78 is 7.50. The summed E-state index contributed by atoms with van der Waals surface area (Å²) in [5.74, 6) is 0.534. The number of aryl methyl sites for hydroxylation is 1. The lowest BCUT2D eigenvalue weighted by Gasteiger charge is -2.39. The third-order valence-electron chi connectivity index (χ3n) is 7.63. The van der Waals surface area contributed by atoms with Crippen LogP contribution in [0, 0.1) is 0 Å². The van der Waals surface area contributed by atoms with E-state index in [9.17, 15) is 4.79 Å². The summed E-state index contributed by atoms with van der Waals surface area (Å²) in [6.45, 7) is 9.37. The first kappa shape index (κ1) is 22.3. The highest BCUT2D eigenvalue weighted by Crippen LogP contribution is 2.36. The normalized spacial score (nSPS) is 23.0.